The molecule has 28 heavy (non-hydrogen) atoms. The number of carbonyl (C=O) groups excluding carboxylic acids is 1. The largest absolute Gasteiger partial charge is 0.300 e. The highest BCUT2D eigenvalue weighted by Crippen LogP contribution is 2.28. The summed E-state index contributed by atoms with van der Waals surface area (Å²) >= 11 is 0. The van der Waals surface area contributed by atoms with Crippen LogP contribution in [0.3, 0.4) is 0 Å². The summed E-state index contributed by atoms with van der Waals surface area (Å²) in [5, 5.41) is 8.15. The molecule has 3 aromatic rings. The van der Waals surface area contributed by atoms with Crippen LogP contribution in [0.15, 0.2) is 42.7 Å². The van der Waals surface area contributed by atoms with Crippen molar-refractivity contribution in [1.82, 2.24) is 20.1 Å². The van der Waals surface area contributed by atoms with Gasteiger partial charge < -0.3 is 4.90 Å². The zero-order valence-corrected chi connectivity index (χ0v) is 16.1. The van der Waals surface area contributed by atoms with Crippen LogP contribution in [0.2, 0.25) is 0 Å². The third-order valence-corrected chi connectivity index (χ3v) is 5.68. The minimum absolute atomic E-state index is 0.0783. The lowest BCUT2D eigenvalue weighted by Crippen LogP contribution is -2.47. The Morgan fingerprint density at radius 1 is 1.32 bits per heavy atom. The summed E-state index contributed by atoms with van der Waals surface area (Å²) in [6.07, 6.45) is 5.40. The second-order valence-corrected chi connectivity index (χ2v) is 7.73. The first-order valence-electron chi connectivity index (χ1n) is 9.86. The number of hydrogen-bond acceptors (Lipinski definition) is 4. The van der Waals surface area contributed by atoms with Gasteiger partial charge in [0, 0.05) is 48.9 Å². The molecule has 0 saturated carbocycles. The van der Waals surface area contributed by atoms with E-state index in [4.69, 9.17) is 0 Å². The van der Waals surface area contributed by atoms with Crippen molar-refractivity contribution in [1.29, 1.82) is 0 Å². The number of halogens is 1. The Hall–Kier alpha value is -2.60. The Morgan fingerprint density at radius 3 is 2.93 bits per heavy atom. The Kier molecular flexibility index (Phi) is 5.48. The highest BCUT2D eigenvalue weighted by Gasteiger charge is 2.28. The van der Waals surface area contributed by atoms with E-state index in [0.29, 0.717) is 18.2 Å². The van der Waals surface area contributed by atoms with E-state index < -0.39 is 0 Å². The van der Waals surface area contributed by atoms with E-state index in [-0.39, 0.29) is 18.4 Å². The number of carbonyl (C=O) groups is 1. The molecule has 1 N–H and O–H groups in total. The van der Waals surface area contributed by atoms with Crippen LogP contribution in [0.25, 0.3) is 22.0 Å². The van der Waals surface area contributed by atoms with Crippen molar-refractivity contribution in [2.45, 2.75) is 19.8 Å². The quantitative estimate of drug-likeness (QED) is 0.597. The molecular weight excluding hydrogens is 355 g/mol. The molecule has 0 aliphatic carbocycles. The van der Waals surface area contributed by atoms with Gasteiger partial charge in [-0.3, -0.25) is 14.9 Å². The fraction of sp³-hybridized carbons (Fsp3) is 0.409. The van der Waals surface area contributed by atoms with Crippen LogP contribution < -0.4 is 0 Å². The summed E-state index contributed by atoms with van der Waals surface area (Å²) in [5.41, 5.74) is 3.41. The average Bonchev–Trinajstić information content (AvgIpc) is 3.12. The predicted molar refractivity (Wildman–Crippen MR) is 108 cm³/mol. The van der Waals surface area contributed by atoms with Crippen molar-refractivity contribution in [2.24, 2.45) is 11.8 Å². The zero-order valence-electron chi connectivity index (χ0n) is 16.1. The summed E-state index contributed by atoms with van der Waals surface area (Å²) < 4.78 is 12.3. The number of pyridine rings is 1. The fourth-order valence-electron chi connectivity index (χ4n) is 3.93. The Bertz CT molecular complexity index is 950. The molecule has 0 amide bonds. The molecule has 146 valence electrons. The first-order valence-corrected chi connectivity index (χ1v) is 9.86. The average molecular weight is 380 g/mol. The minimum Gasteiger partial charge on any atom is -0.300 e. The lowest BCUT2D eigenvalue weighted by atomic mass is 9.88. The van der Waals surface area contributed by atoms with Crippen molar-refractivity contribution < 1.29 is 9.18 Å². The molecule has 1 aromatic carbocycles. The number of rotatable bonds is 8. The molecule has 3 heterocycles. The van der Waals surface area contributed by atoms with Crippen molar-refractivity contribution in [3.63, 3.8) is 0 Å². The van der Waals surface area contributed by atoms with Crippen LogP contribution in [0, 0.1) is 11.8 Å². The van der Waals surface area contributed by atoms with E-state index in [0.717, 1.165) is 48.0 Å². The number of fused-ring (bicyclic) bond motifs is 1. The number of benzene rings is 1. The molecular formula is C22H25FN4O. The number of ketones is 1. The van der Waals surface area contributed by atoms with Gasteiger partial charge in [-0.05, 0) is 42.5 Å². The van der Waals surface area contributed by atoms with Gasteiger partial charge in [0.15, 0.2) is 5.78 Å². The van der Waals surface area contributed by atoms with Gasteiger partial charge in [0.25, 0.3) is 0 Å². The van der Waals surface area contributed by atoms with Gasteiger partial charge in [-0.1, -0.05) is 19.1 Å². The van der Waals surface area contributed by atoms with Gasteiger partial charge in [0.05, 0.1) is 5.52 Å². The van der Waals surface area contributed by atoms with E-state index >= 15 is 0 Å². The van der Waals surface area contributed by atoms with E-state index in [1.807, 2.05) is 43.5 Å². The van der Waals surface area contributed by atoms with Gasteiger partial charge >= 0.3 is 0 Å². The number of Topliss-reactive ketones (excluding diaryl/α,β-unsaturated/α-hetero) is 1. The first-order chi connectivity index (χ1) is 13.7. The van der Waals surface area contributed by atoms with Crippen LogP contribution in [0.4, 0.5) is 4.39 Å². The zero-order chi connectivity index (χ0) is 19.5. The van der Waals surface area contributed by atoms with E-state index in [1.165, 1.54) is 0 Å². The maximum atomic E-state index is 13.0. The third kappa shape index (κ3) is 3.83. The van der Waals surface area contributed by atoms with Crippen molar-refractivity contribution in [3.05, 3.63) is 48.4 Å². The van der Waals surface area contributed by atoms with Crippen molar-refractivity contribution >= 4 is 16.7 Å². The lowest BCUT2D eigenvalue weighted by Gasteiger charge is -2.39. The SMILES string of the molecule is CC(CCC1CN(CCF)C1)C(=O)c1n[nH]c2ccc(-c3cccnc3)cc12. The van der Waals surface area contributed by atoms with E-state index in [1.54, 1.807) is 6.20 Å². The number of alkyl halides is 1. The number of nitrogens with zero attached hydrogens (tertiary/aromatic N) is 3. The Balaban J connectivity index is 1.45. The van der Waals surface area contributed by atoms with Gasteiger partial charge in [0.2, 0.25) is 0 Å². The maximum Gasteiger partial charge on any atom is 0.186 e. The van der Waals surface area contributed by atoms with Crippen molar-refractivity contribution in [3.8, 4) is 11.1 Å². The fourth-order valence-corrected chi connectivity index (χ4v) is 3.93. The molecule has 2 aromatic heterocycles. The highest BCUT2D eigenvalue weighted by molar-refractivity contribution is 6.07. The molecule has 0 spiro atoms. The van der Waals surface area contributed by atoms with Gasteiger partial charge in [-0.15, -0.1) is 0 Å². The summed E-state index contributed by atoms with van der Waals surface area (Å²) in [6.45, 7) is 4.12. The molecule has 5 nitrogen and oxygen atoms in total. The van der Waals surface area contributed by atoms with Gasteiger partial charge in [-0.2, -0.15) is 5.10 Å². The number of hydrogen-bond donors (Lipinski definition) is 1. The molecule has 0 radical (unpaired) electrons. The Labute approximate surface area is 164 Å². The number of likely N-dealkylation sites (tertiary alicyclic amines) is 1. The predicted octanol–water partition coefficient (Wildman–Crippen LogP) is 4.13. The Morgan fingerprint density at radius 2 is 2.18 bits per heavy atom. The van der Waals surface area contributed by atoms with E-state index in [9.17, 15) is 9.18 Å². The van der Waals surface area contributed by atoms with Crippen LogP contribution in [-0.4, -0.2) is 52.2 Å². The molecule has 1 atom stereocenters. The number of nitrogens with one attached hydrogen (secondary N) is 1. The molecule has 1 fully saturated rings. The summed E-state index contributed by atoms with van der Waals surface area (Å²) in [4.78, 5) is 19.3. The summed E-state index contributed by atoms with van der Waals surface area (Å²) in [7, 11) is 0. The van der Waals surface area contributed by atoms with Gasteiger partial charge in [-0.25, -0.2) is 4.39 Å². The number of aromatic amines is 1. The maximum absolute atomic E-state index is 13.0. The molecule has 6 heteroatoms. The van der Waals surface area contributed by atoms with Gasteiger partial charge in [0.1, 0.15) is 12.4 Å². The van der Waals surface area contributed by atoms with Crippen molar-refractivity contribution in [2.75, 3.05) is 26.3 Å². The summed E-state index contributed by atoms with van der Waals surface area (Å²) in [5.74, 6) is 0.577. The normalized spacial score (nSPS) is 16.2. The number of aromatic nitrogens is 3. The van der Waals surface area contributed by atoms with Crippen LogP contribution in [0.1, 0.15) is 30.3 Å². The second kappa shape index (κ2) is 8.19. The highest BCUT2D eigenvalue weighted by atomic mass is 19.1. The molecule has 0 bridgehead atoms. The van der Waals surface area contributed by atoms with Crippen LogP contribution >= 0.6 is 0 Å². The third-order valence-electron chi connectivity index (χ3n) is 5.68. The standard InChI is InChI=1S/C22H25FN4O/c1-15(4-5-16-13-27(14-16)10-8-23)22(28)21-19-11-17(6-7-20(19)25-26-21)18-3-2-9-24-12-18/h2-3,6-7,9,11-12,15-16H,4-5,8,10,13-14H2,1H3,(H,25,26). The lowest BCUT2D eigenvalue weighted by molar-refractivity contribution is 0.0775. The first kappa shape index (κ1) is 18.7. The van der Waals surface area contributed by atoms with Crippen LogP contribution in [-0.2, 0) is 0 Å². The molecule has 1 saturated heterocycles. The second-order valence-electron chi connectivity index (χ2n) is 7.73. The summed E-state index contributed by atoms with van der Waals surface area (Å²) in [6, 6.07) is 9.88. The van der Waals surface area contributed by atoms with E-state index in [2.05, 4.69) is 20.1 Å². The monoisotopic (exact) mass is 380 g/mol. The van der Waals surface area contributed by atoms with Crippen LogP contribution in [0.5, 0.6) is 0 Å². The topological polar surface area (TPSA) is 61.9 Å². The molecule has 1 unspecified atom stereocenters. The molecule has 1 aliphatic rings. The number of H-pyrrole nitrogens is 1. The molecule has 1 aliphatic heterocycles. The minimum atomic E-state index is -0.283. The smallest absolute Gasteiger partial charge is 0.186 e. The molecule has 4 rings (SSSR count).